The van der Waals surface area contributed by atoms with Gasteiger partial charge in [0.15, 0.2) is 0 Å². The van der Waals surface area contributed by atoms with E-state index in [0.29, 0.717) is 17.1 Å². The van der Waals surface area contributed by atoms with Gasteiger partial charge in [0.2, 0.25) is 5.91 Å². The highest BCUT2D eigenvalue weighted by atomic mass is 32.2. The maximum absolute atomic E-state index is 13.3. The van der Waals surface area contributed by atoms with Gasteiger partial charge in [-0.2, -0.15) is 0 Å². The molecule has 2 N–H and O–H groups in total. The standard InChI is InChI=1S/C13H16FNO3S/c1-2-10(13(17)18)15-12(16)7-8-19-11-6-4-3-5-9(11)14/h3-6,10H,2,7-8H2,1H3,(H,15,16)(H,17,18)/t10-/m0/s1. The second-order valence-corrected chi connectivity index (χ2v) is 5.03. The molecule has 104 valence electrons. The Labute approximate surface area is 115 Å². The summed E-state index contributed by atoms with van der Waals surface area (Å²) in [6.45, 7) is 1.69. The summed E-state index contributed by atoms with van der Waals surface area (Å²) in [6, 6.07) is 5.48. The van der Waals surface area contributed by atoms with E-state index in [2.05, 4.69) is 5.32 Å². The van der Waals surface area contributed by atoms with Crippen molar-refractivity contribution in [3.05, 3.63) is 30.1 Å². The number of hydrogen-bond acceptors (Lipinski definition) is 3. The molecule has 6 heteroatoms. The number of carbonyl (C=O) groups is 2. The second kappa shape index (κ2) is 7.78. The largest absolute Gasteiger partial charge is 0.480 e. The molecule has 0 aliphatic rings. The Hall–Kier alpha value is -1.56. The number of aliphatic carboxylic acids is 1. The maximum atomic E-state index is 13.3. The Balaban J connectivity index is 2.35. The lowest BCUT2D eigenvalue weighted by Crippen LogP contribution is -2.40. The normalized spacial score (nSPS) is 11.9. The minimum atomic E-state index is -1.04. The van der Waals surface area contributed by atoms with Crippen molar-refractivity contribution >= 4 is 23.6 Å². The Morgan fingerprint density at radius 3 is 2.68 bits per heavy atom. The average molecular weight is 285 g/mol. The Morgan fingerprint density at radius 2 is 2.11 bits per heavy atom. The molecule has 0 aliphatic heterocycles. The summed E-state index contributed by atoms with van der Waals surface area (Å²) in [5, 5.41) is 11.2. The van der Waals surface area contributed by atoms with E-state index < -0.39 is 12.0 Å². The lowest BCUT2D eigenvalue weighted by atomic mass is 10.2. The van der Waals surface area contributed by atoms with Crippen LogP contribution in [-0.4, -0.2) is 28.8 Å². The van der Waals surface area contributed by atoms with Gasteiger partial charge in [0.05, 0.1) is 0 Å². The number of benzene rings is 1. The van der Waals surface area contributed by atoms with Crippen molar-refractivity contribution < 1.29 is 19.1 Å². The van der Waals surface area contributed by atoms with Gasteiger partial charge in [-0.3, -0.25) is 4.79 Å². The van der Waals surface area contributed by atoms with E-state index in [-0.39, 0.29) is 18.1 Å². The van der Waals surface area contributed by atoms with Crippen molar-refractivity contribution in [1.82, 2.24) is 5.32 Å². The Bertz CT molecular complexity index is 453. The van der Waals surface area contributed by atoms with Crippen LogP contribution >= 0.6 is 11.8 Å². The highest BCUT2D eigenvalue weighted by Crippen LogP contribution is 2.21. The zero-order valence-corrected chi connectivity index (χ0v) is 11.4. The Kier molecular flexibility index (Phi) is 6.35. The number of rotatable bonds is 7. The molecule has 1 aromatic carbocycles. The lowest BCUT2D eigenvalue weighted by Gasteiger charge is -2.11. The third kappa shape index (κ3) is 5.30. The van der Waals surface area contributed by atoms with Crippen molar-refractivity contribution in [2.45, 2.75) is 30.7 Å². The van der Waals surface area contributed by atoms with Crippen LogP contribution in [0.15, 0.2) is 29.2 Å². The number of thioether (sulfide) groups is 1. The molecule has 0 radical (unpaired) electrons. The van der Waals surface area contributed by atoms with E-state index >= 15 is 0 Å². The molecule has 19 heavy (non-hydrogen) atoms. The topological polar surface area (TPSA) is 66.4 Å². The number of halogens is 1. The molecule has 0 saturated heterocycles. The van der Waals surface area contributed by atoms with Crippen LogP contribution in [0.25, 0.3) is 0 Å². The summed E-state index contributed by atoms with van der Waals surface area (Å²) < 4.78 is 13.3. The van der Waals surface area contributed by atoms with Crippen LogP contribution < -0.4 is 5.32 Å². The van der Waals surface area contributed by atoms with Crippen LogP contribution in [0.2, 0.25) is 0 Å². The zero-order chi connectivity index (χ0) is 14.3. The van der Waals surface area contributed by atoms with Crippen LogP contribution in [0.1, 0.15) is 19.8 Å². The summed E-state index contributed by atoms with van der Waals surface area (Å²) >= 11 is 1.24. The molecule has 0 heterocycles. The molecule has 0 aliphatic carbocycles. The van der Waals surface area contributed by atoms with E-state index in [9.17, 15) is 14.0 Å². The summed E-state index contributed by atoms with van der Waals surface area (Å²) in [5.74, 6) is -1.29. The molecule has 1 atom stereocenters. The highest BCUT2D eigenvalue weighted by molar-refractivity contribution is 7.99. The van der Waals surface area contributed by atoms with Gasteiger partial charge in [0, 0.05) is 17.1 Å². The third-order valence-electron chi connectivity index (χ3n) is 2.46. The quantitative estimate of drug-likeness (QED) is 0.754. The third-order valence-corrected chi connectivity index (χ3v) is 3.52. The summed E-state index contributed by atoms with van der Waals surface area (Å²) in [6.07, 6.45) is 0.490. The van der Waals surface area contributed by atoms with E-state index in [0.717, 1.165) is 0 Å². The molecule has 0 saturated carbocycles. The minimum Gasteiger partial charge on any atom is -0.480 e. The average Bonchev–Trinajstić information content (AvgIpc) is 2.38. The van der Waals surface area contributed by atoms with Crippen molar-refractivity contribution in [2.75, 3.05) is 5.75 Å². The lowest BCUT2D eigenvalue weighted by molar-refractivity contribution is -0.141. The van der Waals surface area contributed by atoms with Gasteiger partial charge in [0.1, 0.15) is 11.9 Å². The van der Waals surface area contributed by atoms with Gasteiger partial charge in [-0.25, -0.2) is 9.18 Å². The van der Waals surface area contributed by atoms with Gasteiger partial charge in [-0.05, 0) is 18.6 Å². The molecule has 0 aromatic heterocycles. The molecule has 4 nitrogen and oxygen atoms in total. The van der Waals surface area contributed by atoms with Crippen molar-refractivity contribution in [1.29, 1.82) is 0 Å². The SMILES string of the molecule is CC[C@H](NC(=O)CCSc1ccccc1F)C(=O)O. The summed E-state index contributed by atoms with van der Waals surface area (Å²) in [7, 11) is 0. The highest BCUT2D eigenvalue weighted by Gasteiger charge is 2.17. The zero-order valence-electron chi connectivity index (χ0n) is 10.6. The van der Waals surface area contributed by atoms with E-state index in [1.165, 1.54) is 17.8 Å². The van der Waals surface area contributed by atoms with Gasteiger partial charge in [-0.15, -0.1) is 11.8 Å². The first-order chi connectivity index (χ1) is 9.04. The first kappa shape index (κ1) is 15.5. The second-order valence-electron chi connectivity index (χ2n) is 3.90. The predicted molar refractivity (Wildman–Crippen MR) is 71.6 cm³/mol. The monoisotopic (exact) mass is 285 g/mol. The van der Waals surface area contributed by atoms with E-state index in [1.54, 1.807) is 25.1 Å². The number of carbonyl (C=O) groups excluding carboxylic acids is 1. The first-order valence-corrected chi connectivity index (χ1v) is 6.92. The number of hydrogen-bond donors (Lipinski definition) is 2. The maximum Gasteiger partial charge on any atom is 0.326 e. The predicted octanol–water partition coefficient (Wildman–Crippen LogP) is 2.29. The molecule has 0 bridgehead atoms. The fourth-order valence-corrected chi connectivity index (χ4v) is 2.31. The van der Waals surface area contributed by atoms with Crippen LogP contribution in [0.3, 0.4) is 0 Å². The van der Waals surface area contributed by atoms with Gasteiger partial charge in [-0.1, -0.05) is 19.1 Å². The molecular formula is C13H16FNO3S. The van der Waals surface area contributed by atoms with Crippen molar-refractivity contribution in [3.63, 3.8) is 0 Å². The van der Waals surface area contributed by atoms with Crippen LogP contribution in [0, 0.1) is 5.82 Å². The first-order valence-electron chi connectivity index (χ1n) is 5.94. The molecule has 0 fully saturated rings. The van der Waals surface area contributed by atoms with Crippen LogP contribution in [0.5, 0.6) is 0 Å². The smallest absolute Gasteiger partial charge is 0.326 e. The molecule has 1 aromatic rings. The summed E-state index contributed by atoms with van der Waals surface area (Å²) in [5.41, 5.74) is 0. The molecule has 1 rings (SSSR count). The molecule has 0 spiro atoms. The van der Waals surface area contributed by atoms with Gasteiger partial charge in [0.25, 0.3) is 0 Å². The molecule has 1 amide bonds. The van der Waals surface area contributed by atoms with Gasteiger partial charge < -0.3 is 10.4 Å². The number of carboxylic acids is 1. The molecular weight excluding hydrogens is 269 g/mol. The summed E-state index contributed by atoms with van der Waals surface area (Å²) in [4.78, 5) is 22.7. The van der Waals surface area contributed by atoms with Crippen molar-refractivity contribution in [3.8, 4) is 0 Å². The van der Waals surface area contributed by atoms with Crippen LogP contribution in [0.4, 0.5) is 4.39 Å². The minimum absolute atomic E-state index is 0.156. The molecule has 0 unspecified atom stereocenters. The van der Waals surface area contributed by atoms with Crippen LogP contribution in [-0.2, 0) is 9.59 Å². The van der Waals surface area contributed by atoms with E-state index in [1.807, 2.05) is 0 Å². The van der Waals surface area contributed by atoms with E-state index in [4.69, 9.17) is 5.11 Å². The van der Waals surface area contributed by atoms with Gasteiger partial charge >= 0.3 is 5.97 Å². The van der Waals surface area contributed by atoms with Crippen molar-refractivity contribution in [2.24, 2.45) is 0 Å². The fourth-order valence-electron chi connectivity index (χ4n) is 1.42. The Morgan fingerprint density at radius 1 is 1.42 bits per heavy atom. The number of nitrogens with one attached hydrogen (secondary N) is 1. The number of amides is 1. The fraction of sp³-hybridized carbons (Fsp3) is 0.385. The number of carboxylic acid groups (broad SMARTS) is 1.